The molecule has 0 radical (unpaired) electrons. The van der Waals surface area contributed by atoms with Crippen LogP contribution >= 0.6 is 27.3 Å². The molecule has 0 saturated carbocycles. The predicted octanol–water partition coefficient (Wildman–Crippen LogP) is 2.93. The Bertz CT molecular complexity index is 338. The summed E-state index contributed by atoms with van der Waals surface area (Å²) in [5, 5.41) is 4.15. The van der Waals surface area contributed by atoms with Gasteiger partial charge in [0, 0.05) is 27.3 Å². The molecule has 2 heterocycles. The molecule has 2 atom stereocenters. The van der Waals surface area contributed by atoms with E-state index >= 15 is 0 Å². The van der Waals surface area contributed by atoms with Crippen molar-refractivity contribution >= 4 is 27.3 Å². The van der Waals surface area contributed by atoms with E-state index in [0.717, 1.165) is 30.5 Å². The molecule has 1 saturated heterocycles. The van der Waals surface area contributed by atoms with Crippen molar-refractivity contribution in [2.75, 3.05) is 13.2 Å². The maximum atomic E-state index is 6.21. The van der Waals surface area contributed by atoms with Crippen LogP contribution in [0.2, 0.25) is 0 Å². The predicted molar refractivity (Wildman–Crippen MR) is 70.3 cm³/mol. The smallest absolute Gasteiger partial charge is 0.0845 e. The number of nitrogens with zero attached hydrogens (tertiary/aromatic N) is 1. The lowest BCUT2D eigenvalue weighted by Gasteiger charge is -2.29. The van der Waals surface area contributed by atoms with E-state index in [1.807, 2.05) is 5.06 Å². The molecule has 0 aromatic carbocycles. The van der Waals surface area contributed by atoms with Gasteiger partial charge in [-0.25, -0.2) is 0 Å². The zero-order chi connectivity index (χ0) is 11.5. The van der Waals surface area contributed by atoms with E-state index in [-0.39, 0.29) is 12.1 Å². The number of hydrogen-bond acceptors (Lipinski definition) is 4. The van der Waals surface area contributed by atoms with Crippen LogP contribution in [0.5, 0.6) is 0 Å². The second-order valence-corrected chi connectivity index (χ2v) is 5.87. The number of nitrogens with two attached hydrogens (primary N) is 1. The second kappa shape index (κ2) is 5.60. The van der Waals surface area contributed by atoms with Crippen molar-refractivity contribution in [3.8, 4) is 0 Å². The summed E-state index contributed by atoms with van der Waals surface area (Å²) in [5.41, 5.74) is 6.21. The van der Waals surface area contributed by atoms with Crippen molar-refractivity contribution in [2.24, 2.45) is 5.73 Å². The Morgan fingerprint density at radius 1 is 1.69 bits per heavy atom. The molecular formula is C11H17BrN2OS. The summed E-state index contributed by atoms with van der Waals surface area (Å²) >= 11 is 5.23. The zero-order valence-corrected chi connectivity index (χ0v) is 11.8. The lowest BCUT2D eigenvalue weighted by molar-refractivity contribution is -0.147. The summed E-state index contributed by atoms with van der Waals surface area (Å²) in [6.07, 6.45) is 2.06. The molecule has 0 aliphatic carbocycles. The maximum absolute atomic E-state index is 6.21. The van der Waals surface area contributed by atoms with Crippen LogP contribution in [0.4, 0.5) is 0 Å². The van der Waals surface area contributed by atoms with Crippen molar-refractivity contribution in [3.05, 3.63) is 20.8 Å². The van der Waals surface area contributed by atoms with Crippen molar-refractivity contribution < 1.29 is 4.84 Å². The molecule has 0 spiro atoms. The Balaban J connectivity index is 2.19. The van der Waals surface area contributed by atoms with E-state index < -0.39 is 0 Å². The van der Waals surface area contributed by atoms with Crippen LogP contribution in [-0.2, 0) is 4.84 Å². The Hall–Kier alpha value is 0.0600. The third kappa shape index (κ3) is 2.65. The van der Waals surface area contributed by atoms with Crippen molar-refractivity contribution in [3.63, 3.8) is 0 Å². The molecule has 5 heteroatoms. The second-order valence-electron chi connectivity index (χ2n) is 4.01. The minimum atomic E-state index is 0.128. The molecule has 1 aromatic rings. The normalized spacial score (nSPS) is 21.2. The fourth-order valence-electron chi connectivity index (χ4n) is 1.96. The topological polar surface area (TPSA) is 38.5 Å². The zero-order valence-electron chi connectivity index (χ0n) is 9.36. The van der Waals surface area contributed by atoms with Gasteiger partial charge in [0.2, 0.25) is 0 Å². The van der Waals surface area contributed by atoms with E-state index in [9.17, 15) is 0 Å². The highest BCUT2D eigenvalue weighted by Gasteiger charge is 2.30. The monoisotopic (exact) mass is 304 g/mol. The summed E-state index contributed by atoms with van der Waals surface area (Å²) in [6, 6.07) is 2.47. The van der Waals surface area contributed by atoms with Gasteiger partial charge in [-0.15, -0.1) is 11.3 Å². The molecule has 0 bridgehead atoms. The molecule has 3 nitrogen and oxygen atoms in total. The van der Waals surface area contributed by atoms with Crippen LogP contribution in [0.1, 0.15) is 30.7 Å². The largest absolute Gasteiger partial charge is 0.326 e. The Morgan fingerprint density at radius 3 is 3.00 bits per heavy atom. The molecule has 16 heavy (non-hydrogen) atoms. The highest BCUT2D eigenvalue weighted by Crippen LogP contribution is 2.33. The number of rotatable bonds is 4. The Kier molecular flexibility index (Phi) is 4.38. The molecule has 1 aliphatic rings. The Morgan fingerprint density at radius 2 is 2.50 bits per heavy atom. The van der Waals surface area contributed by atoms with Gasteiger partial charge >= 0.3 is 0 Å². The Labute approximate surface area is 109 Å². The molecule has 0 amide bonds. The highest BCUT2D eigenvalue weighted by molar-refractivity contribution is 9.10. The highest BCUT2D eigenvalue weighted by atomic mass is 79.9. The lowest BCUT2D eigenvalue weighted by Crippen LogP contribution is -2.38. The fraction of sp³-hybridized carbons (Fsp3) is 0.636. The minimum Gasteiger partial charge on any atom is -0.326 e. The quantitative estimate of drug-likeness (QED) is 0.929. The summed E-state index contributed by atoms with van der Waals surface area (Å²) in [5.74, 6) is 0. The van der Waals surface area contributed by atoms with Gasteiger partial charge in [0.1, 0.15) is 0 Å². The number of thiophene rings is 1. The van der Waals surface area contributed by atoms with E-state index in [1.54, 1.807) is 11.3 Å². The summed E-state index contributed by atoms with van der Waals surface area (Å²) in [7, 11) is 0. The molecule has 2 N–H and O–H groups in total. The first-order chi connectivity index (χ1) is 7.72. The number of hydroxylamine groups is 2. The van der Waals surface area contributed by atoms with E-state index in [2.05, 4.69) is 34.3 Å². The standard InChI is InChI=1S/C11H17BrN2OS/c1-2-9(13)11(14-4-3-5-15-14)10-6-8(12)7-16-10/h6-7,9,11H,2-5,13H2,1H3. The fourth-order valence-corrected chi connectivity index (χ4v) is 3.58. The average Bonchev–Trinajstić information content (AvgIpc) is 2.91. The maximum Gasteiger partial charge on any atom is 0.0845 e. The third-order valence-corrected chi connectivity index (χ3v) is 4.61. The van der Waals surface area contributed by atoms with Gasteiger partial charge in [-0.1, -0.05) is 6.92 Å². The van der Waals surface area contributed by atoms with Crippen molar-refractivity contribution in [1.29, 1.82) is 0 Å². The van der Waals surface area contributed by atoms with Crippen LogP contribution in [0.3, 0.4) is 0 Å². The van der Waals surface area contributed by atoms with Gasteiger partial charge in [0.05, 0.1) is 12.6 Å². The molecule has 1 aliphatic heterocycles. The van der Waals surface area contributed by atoms with Crippen LogP contribution in [-0.4, -0.2) is 24.3 Å². The minimum absolute atomic E-state index is 0.128. The van der Waals surface area contributed by atoms with Crippen molar-refractivity contribution in [1.82, 2.24) is 5.06 Å². The lowest BCUT2D eigenvalue weighted by atomic mass is 10.0. The van der Waals surface area contributed by atoms with Crippen LogP contribution in [0.25, 0.3) is 0 Å². The molecule has 1 fully saturated rings. The summed E-state index contributed by atoms with van der Waals surface area (Å²) < 4.78 is 1.13. The van der Waals surface area contributed by atoms with Gasteiger partial charge in [0.25, 0.3) is 0 Å². The van der Waals surface area contributed by atoms with Crippen LogP contribution in [0.15, 0.2) is 15.9 Å². The van der Waals surface area contributed by atoms with Gasteiger partial charge in [0.15, 0.2) is 0 Å². The molecular weight excluding hydrogens is 288 g/mol. The first kappa shape index (κ1) is 12.5. The third-order valence-electron chi connectivity index (χ3n) is 2.85. The van der Waals surface area contributed by atoms with Gasteiger partial charge in [-0.3, -0.25) is 4.84 Å². The van der Waals surface area contributed by atoms with E-state index in [0.29, 0.717) is 0 Å². The van der Waals surface area contributed by atoms with Crippen molar-refractivity contribution in [2.45, 2.75) is 31.8 Å². The summed E-state index contributed by atoms with van der Waals surface area (Å²) in [6.45, 7) is 3.92. The SMILES string of the molecule is CCC(N)C(c1cc(Br)cs1)N1CCCO1. The van der Waals surface area contributed by atoms with Gasteiger partial charge in [-0.05, 0) is 34.8 Å². The number of halogens is 1. The molecule has 2 unspecified atom stereocenters. The van der Waals surface area contributed by atoms with Gasteiger partial charge in [-0.2, -0.15) is 5.06 Å². The average molecular weight is 305 g/mol. The van der Waals surface area contributed by atoms with Crippen LogP contribution < -0.4 is 5.73 Å². The van der Waals surface area contributed by atoms with E-state index in [1.165, 1.54) is 4.88 Å². The summed E-state index contributed by atoms with van der Waals surface area (Å²) in [4.78, 5) is 6.93. The van der Waals surface area contributed by atoms with E-state index in [4.69, 9.17) is 10.6 Å². The van der Waals surface area contributed by atoms with Gasteiger partial charge < -0.3 is 5.73 Å². The number of hydrogen-bond donors (Lipinski definition) is 1. The molecule has 1 aromatic heterocycles. The molecule has 2 rings (SSSR count). The van der Waals surface area contributed by atoms with Crippen LogP contribution in [0, 0.1) is 0 Å². The molecule has 90 valence electrons. The first-order valence-corrected chi connectivity index (χ1v) is 7.28. The first-order valence-electron chi connectivity index (χ1n) is 5.61.